The summed E-state index contributed by atoms with van der Waals surface area (Å²) in [5.41, 5.74) is -0.670. The summed E-state index contributed by atoms with van der Waals surface area (Å²) in [5.74, 6) is 2.08. The Kier molecular flexibility index (Phi) is 4.59. The first-order chi connectivity index (χ1) is 13.1. The Balaban J connectivity index is 1.50. The van der Waals surface area contributed by atoms with Gasteiger partial charge in [0.2, 0.25) is 5.88 Å². The van der Waals surface area contributed by atoms with E-state index in [1.807, 2.05) is 6.07 Å². The molecule has 3 heterocycles. The largest absolute Gasteiger partial charge is 0.481 e. The van der Waals surface area contributed by atoms with Crippen LogP contribution in [0.3, 0.4) is 0 Å². The Morgan fingerprint density at radius 3 is 2.44 bits per heavy atom. The lowest BCUT2D eigenvalue weighted by molar-refractivity contribution is 0.395. The van der Waals surface area contributed by atoms with Gasteiger partial charge < -0.3 is 14.5 Å². The number of hydrogen-bond acceptors (Lipinski definition) is 7. The minimum Gasteiger partial charge on any atom is -0.481 e. The first-order valence-corrected chi connectivity index (χ1v) is 9.26. The van der Waals surface area contributed by atoms with Crippen LogP contribution in [-0.4, -0.2) is 51.8 Å². The predicted molar refractivity (Wildman–Crippen MR) is 102 cm³/mol. The molecule has 2 fully saturated rings. The van der Waals surface area contributed by atoms with E-state index in [4.69, 9.17) is 4.74 Å². The predicted octanol–water partition coefficient (Wildman–Crippen LogP) is 0.510. The van der Waals surface area contributed by atoms with Gasteiger partial charge >= 0.3 is 5.69 Å². The SMILES string of the molecule is COc1cc(N(C2CC2)C2CCN(c3cc(=O)n(C)c(=O)[nH]3)CC2)ncn1. The smallest absolute Gasteiger partial charge is 0.329 e. The number of methoxy groups -OCH3 is 1. The van der Waals surface area contributed by atoms with Crippen molar-refractivity contribution in [1.82, 2.24) is 19.5 Å². The van der Waals surface area contributed by atoms with E-state index in [0.29, 0.717) is 23.8 Å². The summed E-state index contributed by atoms with van der Waals surface area (Å²) in [6.45, 7) is 1.55. The van der Waals surface area contributed by atoms with E-state index in [-0.39, 0.29) is 11.2 Å². The van der Waals surface area contributed by atoms with Crippen molar-refractivity contribution in [2.45, 2.75) is 37.8 Å². The number of nitrogens with zero attached hydrogens (tertiary/aromatic N) is 5. The van der Waals surface area contributed by atoms with Gasteiger partial charge in [0.05, 0.1) is 7.11 Å². The number of aromatic nitrogens is 4. The molecule has 27 heavy (non-hydrogen) atoms. The van der Waals surface area contributed by atoms with E-state index in [1.165, 1.54) is 26.0 Å². The van der Waals surface area contributed by atoms with Crippen molar-refractivity contribution in [3.8, 4) is 5.88 Å². The minimum absolute atomic E-state index is 0.288. The third kappa shape index (κ3) is 3.54. The molecule has 0 aromatic carbocycles. The number of H-pyrrole nitrogens is 1. The van der Waals surface area contributed by atoms with Crippen molar-refractivity contribution in [3.63, 3.8) is 0 Å². The molecule has 1 N–H and O–H groups in total. The molecule has 1 aliphatic heterocycles. The summed E-state index contributed by atoms with van der Waals surface area (Å²) in [6, 6.07) is 4.27. The number of nitrogens with one attached hydrogen (secondary N) is 1. The zero-order valence-corrected chi connectivity index (χ0v) is 15.6. The van der Waals surface area contributed by atoms with Crippen molar-refractivity contribution in [2.75, 3.05) is 30.0 Å². The van der Waals surface area contributed by atoms with Crippen LogP contribution in [-0.2, 0) is 7.05 Å². The number of anilines is 2. The highest BCUT2D eigenvalue weighted by Gasteiger charge is 2.36. The first kappa shape index (κ1) is 17.6. The van der Waals surface area contributed by atoms with E-state index in [1.54, 1.807) is 13.4 Å². The molecule has 1 saturated heterocycles. The van der Waals surface area contributed by atoms with Gasteiger partial charge in [-0.05, 0) is 25.7 Å². The molecular weight excluding hydrogens is 348 g/mol. The second kappa shape index (κ2) is 7.05. The van der Waals surface area contributed by atoms with Gasteiger partial charge in [-0.25, -0.2) is 14.8 Å². The fourth-order valence-electron chi connectivity index (χ4n) is 3.71. The van der Waals surface area contributed by atoms with E-state index in [0.717, 1.165) is 36.3 Å². The Labute approximate surface area is 156 Å². The van der Waals surface area contributed by atoms with Gasteiger partial charge in [-0.2, -0.15) is 0 Å². The molecule has 0 radical (unpaired) electrons. The van der Waals surface area contributed by atoms with E-state index in [2.05, 4.69) is 24.8 Å². The average Bonchev–Trinajstić information content (AvgIpc) is 3.52. The van der Waals surface area contributed by atoms with Crippen molar-refractivity contribution in [1.29, 1.82) is 0 Å². The fourth-order valence-corrected chi connectivity index (χ4v) is 3.71. The second-order valence-electron chi connectivity index (χ2n) is 7.13. The van der Waals surface area contributed by atoms with Crippen LogP contribution >= 0.6 is 0 Å². The van der Waals surface area contributed by atoms with Crippen LogP contribution in [0.2, 0.25) is 0 Å². The van der Waals surface area contributed by atoms with E-state index >= 15 is 0 Å². The lowest BCUT2D eigenvalue weighted by Crippen LogP contribution is -2.47. The highest BCUT2D eigenvalue weighted by atomic mass is 16.5. The number of hydrogen-bond donors (Lipinski definition) is 1. The molecule has 9 heteroatoms. The van der Waals surface area contributed by atoms with Gasteiger partial charge in [0.1, 0.15) is 18.0 Å². The zero-order chi connectivity index (χ0) is 19.0. The summed E-state index contributed by atoms with van der Waals surface area (Å²) in [5, 5.41) is 0. The zero-order valence-electron chi connectivity index (χ0n) is 15.6. The van der Waals surface area contributed by atoms with Crippen molar-refractivity contribution in [3.05, 3.63) is 39.3 Å². The molecule has 1 aliphatic carbocycles. The molecule has 9 nitrogen and oxygen atoms in total. The van der Waals surface area contributed by atoms with E-state index in [9.17, 15) is 9.59 Å². The second-order valence-corrected chi connectivity index (χ2v) is 7.13. The maximum absolute atomic E-state index is 11.9. The standard InChI is InChI=1S/C18H24N6O3/c1-22-17(25)10-15(21-18(22)26)23-7-5-13(6-8-23)24(12-3-4-12)14-9-16(27-2)20-11-19-14/h9-13H,3-8H2,1-2H3,(H,21,26). The topological polar surface area (TPSA) is 96.3 Å². The highest BCUT2D eigenvalue weighted by Crippen LogP contribution is 2.36. The summed E-state index contributed by atoms with van der Waals surface area (Å²) in [7, 11) is 3.08. The fraction of sp³-hybridized carbons (Fsp3) is 0.556. The Hall–Kier alpha value is -2.84. The number of piperidine rings is 1. The van der Waals surface area contributed by atoms with Gasteiger partial charge in [0.15, 0.2) is 0 Å². The average molecular weight is 372 g/mol. The van der Waals surface area contributed by atoms with Crippen molar-refractivity contribution < 1.29 is 4.74 Å². The Morgan fingerprint density at radius 1 is 1.11 bits per heavy atom. The van der Waals surface area contributed by atoms with Crippen LogP contribution in [0.25, 0.3) is 0 Å². The van der Waals surface area contributed by atoms with Crippen LogP contribution in [0.4, 0.5) is 11.6 Å². The molecular formula is C18H24N6O3. The molecule has 0 atom stereocenters. The molecule has 144 valence electrons. The molecule has 2 aromatic heterocycles. The molecule has 1 saturated carbocycles. The van der Waals surface area contributed by atoms with Gasteiger partial charge in [-0.15, -0.1) is 0 Å². The maximum Gasteiger partial charge on any atom is 0.329 e. The first-order valence-electron chi connectivity index (χ1n) is 9.26. The summed E-state index contributed by atoms with van der Waals surface area (Å²) in [6.07, 6.45) is 5.76. The van der Waals surface area contributed by atoms with Gasteiger partial charge in [-0.3, -0.25) is 14.3 Å². The summed E-state index contributed by atoms with van der Waals surface area (Å²) >= 11 is 0. The molecule has 0 amide bonds. The van der Waals surface area contributed by atoms with Crippen LogP contribution < -0.4 is 25.8 Å². The Bertz CT molecular complexity index is 896. The van der Waals surface area contributed by atoms with Crippen molar-refractivity contribution in [2.24, 2.45) is 7.05 Å². The molecule has 4 rings (SSSR count). The van der Waals surface area contributed by atoms with Gasteiger partial charge in [-0.1, -0.05) is 0 Å². The van der Waals surface area contributed by atoms with Crippen molar-refractivity contribution >= 4 is 11.6 Å². The summed E-state index contributed by atoms with van der Waals surface area (Å²) in [4.78, 5) is 39.6. The maximum atomic E-state index is 11.9. The third-order valence-corrected chi connectivity index (χ3v) is 5.37. The monoisotopic (exact) mass is 372 g/mol. The van der Waals surface area contributed by atoms with E-state index < -0.39 is 0 Å². The molecule has 0 spiro atoms. The minimum atomic E-state index is -0.382. The number of ether oxygens (including phenoxy) is 1. The van der Waals surface area contributed by atoms with Crippen LogP contribution in [0, 0.1) is 0 Å². The van der Waals surface area contributed by atoms with Gasteiger partial charge in [0, 0.05) is 44.4 Å². The molecule has 0 bridgehead atoms. The lowest BCUT2D eigenvalue weighted by atomic mass is 10.0. The lowest BCUT2D eigenvalue weighted by Gasteiger charge is -2.40. The highest BCUT2D eigenvalue weighted by molar-refractivity contribution is 5.46. The molecule has 0 unspecified atom stereocenters. The van der Waals surface area contributed by atoms with Gasteiger partial charge in [0.25, 0.3) is 5.56 Å². The number of aromatic amines is 1. The molecule has 2 aromatic rings. The number of rotatable bonds is 5. The van der Waals surface area contributed by atoms with Crippen LogP contribution in [0.5, 0.6) is 5.88 Å². The third-order valence-electron chi connectivity index (χ3n) is 5.37. The Morgan fingerprint density at radius 2 is 1.81 bits per heavy atom. The quantitative estimate of drug-likeness (QED) is 0.817. The summed E-state index contributed by atoms with van der Waals surface area (Å²) < 4.78 is 6.33. The molecule has 2 aliphatic rings. The normalized spacial score (nSPS) is 17.8. The van der Waals surface area contributed by atoms with Crippen LogP contribution in [0.1, 0.15) is 25.7 Å². The van der Waals surface area contributed by atoms with Crippen LogP contribution in [0.15, 0.2) is 28.0 Å².